The normalized spacial score (nSPS) is 20.8. The number of carbonyl (C=O) groups excluding carboxylic acids is 8. The second kappa shape index (κ2) is 32.4. The smallest absolute Gasteiger partial charge is 0.326 e. The summed E-state index contributed by atoms with van der Waals surface area (Å²) >= 11 is 0. The molecule has 0 bridgehead atoms. The van der Waals surface area contributed by atoms with Gasteiger partial charge in [0.05, 0.1) is 19.3 Å². The number of carbonyl (C=O) groups is 9. The average Bonchev–Trinajstić information content (AvgIpc) is 3.83. The molecule has 15 N–H and O–H groups in total. The van der Waals surface area contributed by atoms with Crippen molar-refractivity contribution in [1.29, 1.82) is 0 Å². The Morgan fingerprint density at radius 3 is 2.01 bits per heavy atom. The van der Waals surface area contributed by atoms with Crippen LogP contribution in [0.3, 0.4) is 0 Å². The number of Topliss-reactive ketones (excluding diaryl/α,β-unsaturated/α-hetero) is 3. The van der Waals surface area contributed by atoms with Crippen LogP contribution in [-0.2, 0) is 67.3 Å². The lowest BCUT2D eigenvalue weighted by molar-refractivity contribution is -0.143. The topological polar surface area (TPSA) is 388 Å². The molecule has 80 heavy (non-hydrogen) atoms. The molecule has 7 atom stereocenters. The predicted molar refractivity (Wildman–Crippen MR) is 300 cm³/mol. The summed E-state index contributed by atoms with van der Waals surface area (Å²) in [5.41, 5.74) is 25.1. The maximum atomic E-state index is 14.9. The maximum absolute atomic E-state index is 14.9. The number of ketones is 3. The van der Waals surface area contributed by atoms with Gasteiger partial charge in [0, 0.05) is 74.6 Å². The Balaban J connectivity index is 1.55. The summed E-state index contributed by atoms with van der Waals surface area (Å²) < 4.78 is 6.02. The van der Waals surface area contributed by atoms with Gasteiger partial charge in [-0.1, -0.05) is 85.3 Å². The van der Waals surface area contributed by atoms with Crippen molar-refractivity contribution < 1.29 is 53.0 Å². The molecule has 0 unspecified atom stereocenters. The highest BCUT2D eigenvalue weighted by atomic mass is 16.5. The molecule has 0 saturated carbocycles. The minimum atomic E-state index is -1.51. The number of fused-ring (bicyclic) bond motifs is 1. The largest absolute Gasteiger partial charge is 0.480 e. The fraction of sp³-hybridized carbons (Fsp3) is 0.456. The molecule has 23 heteroatoms. The van der Waals surface area contributed by atoms with Crippen molar-refractivity contribution >= 4 is 75.7 Å². The quantitative estimate of drug-likeness (QED) is 0.0342. The lowest BCUT2D eigenvalue weighted by Gasteiger charge is -2.27. The number of carboxylic acid groups (broad SMARTS) is 1. The van der Waals surface area contributed by atoms with Crippen LogP contribution in [-0.4, -0.2) is 125 Å². The lowest BCUT2D eigenvalue weighted by atomic mass is 9.83. The van der Waals surface area contributed by atoms with Crippen molar-refractivity contribution in [2.75, 3.05) is 19.7 Å². The second-order valence-electron chi connectivity index (χ2n) is 20.0. The number of ether oxygens (including phenoxy) is 1. The van der Waals surface area contributed by atoms with E-state index in [0.717, 1.165) is 16.5 Å². The first kappa shape index (κ1) is 62.4. The number of rotatable bonds is 20. The third-order valence-corrected chi connectivity index (χ3v) is 13.7. The number of guanidine groups is 2. The number of hydrogen-bond acceptors (Lipinski definition) is 12. The molecular weight excluding hydrogens is 1030 g/mol. The minimum Gasteiger partial charge on any atom is -0.480 e. The van der Waals surface area contributed by atoms with E-state index in [-0.39, 0.29) is 114 Å². The van der Waals surface area contributed by atoms with Crippen molar-refractivity contribution in [3.63, 3.8) is 0 Å². The summed E-state index contributed by atoms with van der Waals surface area (Å²) in [4.78, 5) is 137. The molecule has 2 heterocycles. The van der Waals surface area contributed by atoms with Crippen LogP contribution < -0.4 is 49.5 Å². The van der Waals surface area contributed by atoms with Crippen LogP contribution in [0.2, 0.25) is 0 Å². The SMILES string of the molecule is CC(=O)N[C@@H](CCCN=C(N)N)C(=O)N[C@H]1CCC(=O)CCCC[C@@H](C(=O)O)NC(=O)[C@H](Cc2c[nH]c3ccccc23)CC(=O)[C@H](CCCN=C(N)N)CC(=O)[C@@H](Cc2ccccc2)NC(=O)[C@H](COCc2ccccc2)NC1=O. The highest BCUT2D eigenvalue weighted by molar-refractivity contribution is 5.98. The number of para-hydroxylation sites is 1. The fourth-order valence-electron chi connectivity index (χ4n) is 9.44. The molecule has 430 valence electrons. The van der Waals surface area contributed by atoms with Crippen molar-refractivity contribution in [2.24, 2.45) is 44.8 Å². The molecule has 3 aromatic carbocycles. The maximum Gasteiger partial charge on any atom is 0.326 e. The van der Waals surface area contributed by atoms with Gasteiger partial charge in [0.25, 0.3) is 0 Å². The third kappa shape index (κ3) is 21.4. The zero-order valence-electron chi connectivity index (χ0n) is 45.2. The molecule has 0 radical (unpaired) electrons. The number of aromatic nitrogens is 1. The molecule has 5 rings (SSSR count). The number of carboxylic acids is 1. The molecule has 0 spiro atoms. The number of nitrogens with zero attached hydrogens (tertiary/aromatic N) is 2. The minimum absolute atomic E-state index is 0.00988. The van der Waals surface area contributed by atoms with Crippen LogP contribution in [0.5, 0.6) is 0 Å². The summed E-state index contributed by atoms with van der Waals surface area (Å²) in [6.45, 7) is 1.02. The third-order valence-electron chi connectivity index (χ3n) is 13.7. The van der Waals surface area contributed by atoms with E-state index in [0.29, 0.717) is 11.1 Å². The zero-order chi connectivity index (χ0) is 58.0. The molecule has 23 nitrogen and oxygen atoms in total. The summed E-state index contributed by atoms with van der Waals surface area (Å²) in [5.74, 6) is -8.98. The van der Waals surface area contributed by atoms with Crippen molar-refractivity contribution in [3.8, 4) is 0 Å². The molecule has 5 amide bonds. The van der Waals surface area contributed by atoms with E-state index in [1.165, 1.54) is 6.92 Å². The molecule has 4 aromatic rings. The van der Waals surface area contributed by atoms with Crippen LogP contribution >= 0.6 is 0 Å². The fourth-order valence-corrected chi connectivity index (χ4v) is 9.44. The van der Waals surface area contributed by atoms with E-state index in [2.05, 4.69) is 41.6 Å². The summed E-state index contributed by atoms with van der Waals surface area (Å²) in [7, 11) is 0. The molecule has 1 aliphatic heterocycles. The number of nitrogens with two attached hydrogens (primary N) is 4. The van der Waals surface area contributed by atoms with Gasteiger partial charge in [-0.25, -0.2) is 4.79 Å². The van der Waals surface area contributed by atoms with E-state index in [1.807, 2.05) is 30.3 Å². The average molecular weight is 1110 g/mol. The number of amides is 5. The van der Waals surface area contributed by atoms with Gasteiger partial charge in [-0.2, -0.15) is 0 Å². The zero-order valence-corrected chi connectivity index (χ0v) is 45.2. The molecule has 1 aromatic heterocycles. The van der Waals surface area contributed by atoms with Gasteiger partial charge >= 0.3 is 5.97 Å². The van der Waals surface area contributed by atoms with Gasteiger partial charge < -0.3 is 64.3 Å². The first-order valence-corrected chi connectivity index (χ1v) is 27.0. The Bertz CT molecular complexity index is 2800. The standard InChI is InChI=1S/C57H76N12O11/c1-35(70)65-44(23-13-27-63-57(60)61)52(75)66-45-25-24-41(71)19-8-10-22-46(55(78)79)67-51(74)39(29-40-32-64-43-21-11-9-20-42(40)43)31-49(72)38(18-12-26-62-56(58)59)30-50(73)47(28-36-14-4-2-5-15-36)68-54(77)48(69-53(45)76)34-80-33-37-16-6-3-7-17-37/h2-7,9,11,14-17,20-21,32,38-39,44-48,64H,8,10,12-13,18-19,22-31,33-34H2,1H3,(H,65,70)(H,66,75)(H,67,74)(H,68,77)(H,69,76)(H,78,79)(H4,58,59,62)(H4,60,61,63)/t38-,39-,44+,45+,46+,47-,48+/m1/s1. The number of nitrogens with one attached hydrogen (secondary N) is 6. The van der Waals surface area contributed by atoms with Crippen molar-refractivity contribution in [2.45, 2.75) is 134 Å². The van der Waals surface area contributed by atoms with Gasteiger partial charge in [0.15, 0.2) is 17.7 Å². The van der Waals surface area contributed by atoms with Gasteiger partial charge in [-0.3, -0.25) is 48.3 Å². The lowest BCUT2D eigenvalue weighted by Crippen LogP contribution is -2.59. The number of hydrogen-bond donors (Lipinski definition) is 11. The summed E-state index contributed by atoms with van der Waals surface area (Å²) in [6.07, 6.45) is 1.25. The highest BCUT2D eigenvalue weighted by Crippen LogP contribution is 2.26. The number of aromatic amines is 1. The number of aliphatic carboxylic acids is 1. The van der Waals surface area contributed by atoms with Crippen molar-refractivity contribution in [3.05, 3.63) is 108 Å². The molecule has 0 aliphatic carbocycles. The van der Waals surface area contributed by atoms with Crippen LogP contribution in [0.15, 0.2) is 101 Å². The van der Waals surface area contributed by atoms with E-state index >= 15 is 0 Å². The molecule has 1 fully saturated rings. The Hall–Kier alpha value is -8.47. The summed E-state index contributed by atoms with van der Waals surface area (Å²) in [6, 6.07) is 18.3. The predicted octanol–water partition coefficient (Wildman–Crippen LogP) is 1.88. The van der Waals surface area contributed by atoms with Crippen LogP contribution in [0.1, 0.15) is 101 Å². The van der Waals surface area contributed by atoms with Crippen LogP contribution in [0.4, 0.5) is 0 Å². The molecular formula is C57H76N12O11. The van der Waals surface area contributed by atoms with Gasteiger partial charge in [-0.15, -0.1) is 0 Å². The summed E-state index contributed by atoms with van der Waals surface area (Å²) in [5, 5.41) is 24.5. The molecule has 1 aliphatic rings. The number of H-pyrrole nitrogens is 1. The second-order valence-corrected chi connectivity index (χ2v) is 20.0. The van der Waals surface area contributed by atoms with E-state index in [4.69, 9.17) is 27.7 Å². The van der Waals surface area contributed by atoms with Crippen LogP contribution in [0.25, 0.3) is 10.9 Å². The van der Waals surface area contributed by atoms with E-state index < -0.39 is 109 Å². The number of aliphatic imine (C=N–C) groups is 2. The Morgan fingerprint density at radius 2 is 1.34 bits per heavy atom. The van der Waals surface area contributed by atoms with E-state index in [9.17, 15) is 48.3 Å². The Kier molecular flexibility index (Phi) is 25.3. The van der Waals surface area contributed by atoms with Crippen molar-refractivity contribution in [1.82, 2.24) is 31.6 Å². The Morgan fingerprint density at radius 1 is 0.700 bits per heavy atom. The number of benzene rings is 3. The van der Waals surface area contributed by atoms with E-state index in [1.54, 1.807) is 60.8 Å². The van der Waals surface area contributed by atoms with Crippen LogP contribution in [0, 0.1) is 11.8 Å². The Labute approximate surface area is 464 Å². The van der Waals surface area contributed by atoms with Gasteiger partial charge in [0.1, 0.15) is 35.7 Å². The highest BCUT2D eigenvalue weighted by Gasteiger charge is 2.35. The first-order valence-electron chi connectivity index (χ1n) is 27.0. The first-order chi connectivity index (χ1) is 38.4. The monoisotopic (exact) mass is 1100 g/mol. The van der Waals surface area contributed by atoms with Gasteiger partial charge in [-0.05, 0) is 80.5 Å². The molecule has 1 saturated heterocycles. The van der Waals surface area contributed by atoms with Gasteiger partial charge in [0.2, 0.25) is 29.5 Å².